The molecular weight excluding hydrogens is 229 g/mol. The van der Waals surface area contributed by atoms with Crippen molar-refractivity contribution < 1.29 is 4.39 Å². The van der Waals surface area contributed by atoms with Gasteiger partial charge in [0.2, 0.25) is 0 Å². The molecule has 3 nitrogen and oxygen atoms in total. The molecule has 18 heavy (non-hydrogen) atoms. The van der Waals surface area contributed by atoms with Crippen molar-refractivity contribution in [3.63, 3.8) is 0 Å². The van der Waals surface area contributed by atoms with Gasteiger partial charge in [0.15, 0.2) is 0 Å². The minimum Gasteiger partial charge on any atom is -0.378 e. The first-order chi connectivity index (χ1) is 8.60. The number of hydrogen-bond acceptors (Lipinski definition) is 2. The molecule has 96 valence electrons. The number of benzene rings is 1. The molecule has 1 heterocycles. The highest BCUT2D eigenvalue weighted by molar-refractivity contribution is 5.47. The third-order valence-electron chi connectivity index (χ3n) is 3.02. The average molecular weight is 247 g/mol. The fourth-order valence-electron chi connectivity index (χ4n) is 1.96. The Labute approximate surface area is 107 Å². The smallest absolute Gasteiger partial charge is 0.123 e. The van der Waals surface area contributed by atoms with Crippen molar-refractivity contribution in [2.24, 2.45) is 7.05 Å². The van der Waals surface area contributed by atoms with E-state index < -0.39 is 0 Å². The quantitative estimate of drug-likeness (QED) is 0.900. The molecular formula is C14H18FN3. The topological polar surface area (TPSA) is 29.9 Å². The van der Waals surface area contributed by atoms with E-state index in [9.17, 15) is 4.39 Å². The van der Waals surface area contributed by atoms with E-state index in [1.807, 2.05) is 20.2 Å². The molecule has 0 spiro atoms. The van der Waals surface area contributed by atoms with Crippen LogP contribution in [0, 0.1) is 12.7 Å². The van der Waals surface area contributed by atoms with Crippen LogP contribution in [-0.4, -0.2) is 9.78 Å². The predicted molar refractivity (Wildman–Crippen MR) is 71.0 cm³/mol. The van der Waals surface area contributed by atoms with E-state index in [-0.39, 0.29) is 5.82 Å². The van der Waals surface area contributed by atoms with Crippen LogP contribution in [0.3, 0.4) is 0 Å². The van der Waals surface area contributed by atoms with Crippen molar-refractivity contribution in [2.45, 2.75) is 26.8 Å². The van der Waals surface area contributed by atoms with E-state index in [4.69, 9.17) is 0 Å². The number of aryl methyl sites for hydroxylation is 3. The molecule has 0 aliphatic rings. The summed E-state index contributed by atoms with van der Waals surface area (Å²) in [7, 11) is 1.90. The number of hydrogen-bond donors (Lipinski definition) is 1. The number of nitrogens with zero attached hydrogens (tertiary/aromatic N) is 2. The molecule has 0 saturated carbocycles. The second kappa shape index (κ2) is 5.21. The number of aromatic nitrogens is 2. The third-order valence-corrected chi connectivity index (χ3v) is 3.02. The Morgan fingerprint density at radius 3 is 2.89 bits per heavy atom. The van der Waals surface area contributed by atoms with Gasteiger partial charge in [-0.2, -0.15) is 5.10 Å². The molecule has 2 aromatic rings. The number of nitrogens with one attached hydrogen (secondary N) is 1. The fraction of sp³-hybridized carbons (Fsp3) is 0.357. The lowest BCUT2D eigenvalue weighted by Crippen LogP contribution is -2.03. The van der Waals surface area contributed by atoms with Crippen molar-refractivity contribution >= 4 is 5.69 Å². The molecule has 0 amide bonds. The van der Waals surface area contributed by atoms with E-state index in [0.29, 0.717) is 6.54 Å². The van der Waals surface area contributed by atoms with Crippen molar-refractivity contribution in [1.82, 2.24) is 9.78 Å². The average Bonchev–Trinajstić information content (AvgIpc) is 2.71. The summed E-state index contributed by atoms with van der Waals surface area (Å²) in [5, 5.41) is 7.68. The highest BCUT2D eigenvalue weighted by Crippen LogP contribution is 2.17. The van der Waals surface area contributed by atoms with E-state index in [1.165, 1.54) is 6.07 Å². The molecule has 0 unspecified atom stereocenters. The van der Waals surface area contributed by atoms with Gasteiger partial charge in [0.1, 0.15) is 5.82 Å². The molecule has 0 radical (unpaired) electrons. The zero-order valence-corrected chi connectivity index (χ0v) is 11.0. The summed E-state index contributed by atoms with van der Waals surface area (Å²) in [5.74, 6) is -0.195. The molecule has 1 N–H and O–H groups in total. The fourth-order valence-corrected chi connectivity index (χ4v) is 1.96. The number of anilines is 1. The van der Waals surface area contributed by atoms with Crippen LogP contribution in [-0.2, 0) is 20.0 Å². The summed E-state index contributed by atoms with van der Waals surface area (Å²) in [5.41, 5.74) is 4.11. The van der Waals surface area contributed by atoms with Crippen LogP contribution < -0.4 is 5.32 Å². The first kappa shape index (κ1) is 12.6. The zero-order valence-electron chi connectivity index (χ0n) is 11.0. The molecule has 0 fully saturated rings. The molecule has 0 saturated heterocycles. The molecule has 1 aromatic heterocycles. The zero-order chi connectivity index (χ0) is 13.1. The standard InChI is InChI=1S/C14H18FN3/c1-4-13-14(9-18(3)17-13)16-8-11-7-12(15)6-5-10(11)2/h5-7,9,16H,4,8H2,1-3H3. The van der Waals surface area contributed by atoms with Crippen LogP contribution in [0.5, 0.6) is 0 Å². The number of rotatable bonds is 4. The van der Waals surface area contributed by atoms with Gasteiger partial charge in [-0.3, -0.25) is 4.68 Å². The second-order valence-corrected chi connectivity index (χ2v) is 4.44. The van der Waals surface area contributed by atoms with Gasteiger partial charge >= 0.3 is 0 Å². The summed E-state index contributed by atoms with van der Waals surface area (Å²) in [6.45, 7) is 4.67. The molecule has 1 aromatic carbocycles. The first-order valence-electron chi connectivity index (χ1n) is 6.11. The second-order valence-electron chi connectivity index (χ2n) is 4.44. The van der Waals surface area contributed by atoms with Crippen molar-refractivity contribution in [3.8, 4) is 0 Å². The summed E-state index contributed by atoms with van der Waals surface area (Å²) in [4.78, 5) is 0. The Bertz CT molecular complexity index is 546. The lowest BCUT2D eigenvalue weighted by atomic mass is 10.1. The van der Waals surface area contributed by atoms with E-state index >= 15 is 0 Å². The molecule has 0 aliphatic carbocycles. The van der Waals surface area contributed by atoms with Gasteiger partial charge in [-0.1, -0.05) is 13.0 Å². The van der Waals surface area contributed by atoms with E-state index in [1.54, 1.807) is 16.8 Å². The summed E-state index contributed by atoms with van der Waals surface area (Å²) >= 11 is 0. The van der Waals surface area contributed by atoms with Crippen molar-refractivity contribution in [2.75, 3.05) is 5.32 Å². The SMILES string of the molecule is CCc1nn(C)cc1NCc1cc(F)ccc1C. The minimum atomic E-state index is -0.195. The van der Waals surface area contributed by atoms with Crippen LogP contribution in [0.15, 0.2) is 24.4 Å². The maximum atomic E-state index is 13.2. The van der Waals surface area contributed by atoms with Gasteiger partial charge in [0.25, 0.3) is 0 Å². The normalized spacial score (nSPS) is 10.7. The molecule has 0 bridgehead atoms. The highest BCUT2D eigenvalue weighted by atomic mass is 19.1. The Hall–Kier alpha value is -1.84. The number of halogens is 1. The van der Waals surface area contributed by atoms with Crippen LogP contribution in [0.2, 0.25) is 0 Å². The monoisotopic (exact) mass is 247 g/mol. The Morgan fingerprint density at radius 1 is 1.39 bits per heavy atom. The predicted octanol–water partition coefficient (Wildman–Crippen LogP) is 3.04. The van der Waals surface area contributed by atoms with Gasteiger partial charge in [-0.05, 0) is 36.6 Å². The highest BCUT2D eigenvalue weighted by Gasteiger charge is 2.06. The maximum Gasteiger partial charge on any atom is 0.123 e. The van der Waals surface area contributed by atoms with Gasteiger partial charge in [0, 0.05) is 19.8 Å². The molecule has 4 heteroatoms. The lowest BCUT2D eigenvalue weighted by Gasteiger charge is -2.08. The minimum absolute atomic E-state index is 0.195. The summed E-state index contributed by atoms with van der Waals surface area (Å²) in [6.07, 6.45) is 2.83. The van der Waals surface area contributed by atoms with Crippen molar-refractivity contribution in [1.29, 1.82) is 0 Å². The Balaban J connectivity index is 2.13. The lowest BCUT2D eigenvalue weighted by molar-refractivity contribution is 0.625. The first-order valence-corrected chi connectivity index (χ1v) is 6.11. The third kappa shape index (κ3) is 2.70. The Kier molecular flexibility index (Phi) is 3.65. The van der Waals surface area contributed by atoms with Crippen molar-refractivity contribution in [3.05, 3.63) is 47.0 Å². The largest absolute Gasteiger partial charge is 0.378 e. The van der Waals surface area contributed by atoms with Crippen LogP contribution in [0.1, 0.15) is 23.7 Å². The van der Waals surface area contributed by atoms with E-state index in [2.05, 4.69) is 17.3 Å². The van der Waals surface area contributed by atoms with Crippen LogP contribution in [0.4, 0.5) is 10.1 Å². The maximum absolute atomic E-state index is 13.2. The Morgan fingerprint density at radius 2 is 2.17 bits per heavy atom. The van der Waals surface area contributed by atoms with E-state index in [0.717, 1.165) is 28.9 Å². The van der Waals surface area contributed by atoms with Gasteiger partial charge in [-0.15, -0.1) is 0 Å². The van der Waals surface area contributed by atoms with Gasteiger partial charge < -0.3 is 5.32 Å². The summed E-state index contributed by atoms with van der Waals surface area (Å²) < 4.78 is 15.0. The molecule has 0 atom stereocenters. The van der Waals surface area contributed by atoms with Gasteiger partial charge in [-0.25, -0.2) is 4.39 Å². The van der Waals surface area contributed by atoms with Crippen LogP contribution in [0.25, 0.3) is 0 Å². The van der Waals surface area contributed by atoms with Gasteiger partial charge in [0.05, 0.1) is 11.4 Å². The molecule has 0 aliphatic heterocycles. The molecule has 2 rings (SSSR count). The van der Waals surface area contributed by atoms with Crippen LogP contribution >= 0.6 is 0 Å². The summed E-state index contributed by atoms with van der Waals surface area (Å²) in [6, 6.07) is 4.86.